The number of rotatable bonds is 4. The highest BCUT2D eigenvalue weighted by atomic mass is 19.3. The Morgan fingerprint density at radius 3 is 2.57 bits per heavy atom. The number of para-hydroxylation sites is 1. The van der Waals surface area contributed by atoms with Crippen LogP contribution in [0.3, 0.4) is 0 Å². The van der Waals surface area contributed by atoms with E-state index < -0.39 is 6.61 Å². The minimum Gasteiger partial charge on any atom is -0.434 e. The molecule has 0 saturated carbocycles. The number of hydrogen-bond donors (Lipinski definition) is 1. The molecule has 8 heteroatoms. The number of hydrogen-bond acceptors (Lipinski definition) is 4. The quantitative estimate of drug-likeness (QED) is 0.585. The summed E-state index contributed by atoms with van der Waals surface area (Å²) in [5.74, 6) is -0.00980. The average molecular weight is 378 g/mol. The molecule has 138 valence electrons. The Kier molecular flexibility index (Phi) is 4.33. The van der Waals surface area contributed by atoms with E-state index in [4.69, 9.17) is 5.26 Å². The van der Waals surface area contributed by atoms with Gasteiger partial charge in [0.2, 0.25) is 0 Å². The molecule has 0 unspecified atom stereocenters. The van der Waals surface area contributed by atoms with Crippen molar-refractivity contribution in [1.29, 1.82) is 5.26 Å². The molecule has 2 aromatic carbocycles. The van der Waals surface area contributed by atoms with E-state index in [1.54, 1.807) is 48.5 Å². The van der Waals surface area contributed by atoms with Crippen molar-refractivity contribution in [3.05, 3.63) is 76.6 Å². The van der Waals surface area contributed by atoms with Gasteiger partial charge in [-0.15, -0.1) is 0 Å². The molecular weight excluding hydrogens is 366 g/mol. The number of alkyl halides is 2. The van der Waals surface area contributed by atoms with Crippen LogP contribution >= 0.6 is 0 Å². The van der Waals surface area contributed by atoms with Gasteiger partial charge in [0.25, 0.3) is 5.56 Å². The lowest BCUT2D eigenvalue weighted by molar-refractivity contribution is -0.0494. The van der Waals surface area contributed by atoms with Gasteiger partial charge in [-0.05, 0) is 24.3 Å². The largest absolute Gasteiger partial charge is 0.434 e. The van der Waals surface area contributed by atoms with Crippen LogP contribution in [-0.4, -0.2) is 21.2 Å². The molecule has 0 aliphatic heterocycles. The fourth-order valence-corrected chi connectivity index (χ4v) is 2.88. The molecule has 2 heterocycles. The number of aromatic nitrogens is 3. The van der Waals surface area contributed by atoms with Gasteiger partial charge in [-0.3, -0.25) is 9.89 Å². The molecule has 0 atom stereocenters. The Labute approximate surface area is 157 Å². The van der Waals surface area contributed by atoms with E-state index in [2.05, 4.69) is 14.8 Å². The molecule has 2 aromatic heterocycles. The molecule has 4 rings (SSSR count). The first kappa shape index (κ1) is 17.4. The number of H-pyrrole nitrogens is 1. The van der Waals surface area contributed by atoms with E-state index in [0.29, 0.717) is 33.7 Å². The highest BCUT2D eigenvalue weighted by molar-refractivity contribution is 5.71. The Morgan fingerprint density at radius 1 is 1.11 bits per heavy atom. The van der Waals surface area contributed by atoms with Crippen LogP contribution in [0.15, 0.2) is 65.5 Å². The van der Waals surface area contributed by atoms with Crippen molar-refractivity contribution in [3.8, 4) is 34.3 Å². The molecule has 0 saturated heterocycles. The first-order valence-corrected chi connectivity index (χ1v) is 8.23. The molecule has 6 nitrogen and oxygen atoms in total. The van der Waals surface area contributed by atoms with Crippen molar-refractivity contribution in [1.82, 2.24) is 14.6 Å². The van der Waals surface area contributed by atoms with Gasteiger partial charge in [0.1, 0.15) is 5.75 Å². The SMILES string of the molecule is N#Cc1ccc(-c2cc(=O)n3[nH]c(-c4ccccc4OC(F)F)cc3n2)cc1. The van der Waals surface area contributed by atoms with E-state index in [-0.39, 0.29) is 11.3 Å². The highest BCUT2D eigenvalue weighted by Gasteiger charge is 2.14. The topological polar surface area (TPSA) is 83.2 Å². The third kappa shape index (κ3) is 3.21. The molecular formula is C20H12F2N4O2. The van der Waals surface area contributed by atoms with Crippen LogP contribution < -0.4 is 10.3 Å². The highest BCUT2D eigenvalue weighted by Crippen LogP contribution is 2.30. The number of halogens is 2. The minimum atomic E-state index is -2.96. The second-order valence-corrected chi connectivity index (χ2v) is 5.91. The lowest BCUT2D eigenvalue weighted by Gasteiger charge is -2.08. The summed E-state index contributed by atoms with van der Waals surface area (Å²) in [5.41, 5.74) is 2.39. The second-order valence-electron chi connectivity index (χ2n) is 5.91. The maximum Gasteiger partial charge on any atom is 0.387 e. The Hall–Kier alpha value is -3.99. The number of ether oxygens (including phenoxy) is 1. The normalized spacial score (nSPS) is 10.9. The molecule has 0 amide bonds. The van der Waals surface area contributed by atoms with Crippen LogP contribution in [0.25, 0.3) is 28.2 Å². The van der Waals surface area contributed by atoms with Crippen LogP contribution in [0.1, 0.15) is 5.56 Å². The predicted molar refractivity (Wildman–Crippen MR) is 98.0 cm³/mol. The third-order valence-corrected chi connectivity index (χ3v) is 4.15. The number of aromatic amines is 1. The van der Waals surface area contributed by atoms with Gasteiger partial charge >= 0.3 is 6.61 Å². The van der Waals surface area contributed by atoms with Crippen LogP contribution in [0.5, 0.6) is 5.75 Å². The van der Waals surface area contributed by atoms with Crippen LogP contribution in [0, 0.1) is 11.3 Å². The lowest BCUT2D eigenvalue weighted by atomic mass is 10.1. The van der Waals surface area contributed by atoms with Gasteiger partial charge < -0.3 is 4.74 Å². The summed E-state index contributed by atoms with van der Waals surface area (Å²) in [5, 5.41) is 11.8. The summed E-state index contributed by atoms with van der Waals surface area (Å²) in [6.07, 6.45) is 0. The fraction of sp³-hybridized carbons (Fsp3) is 0.0500. The van der Waals surface area contributed by atoms with Crippen LogP contribution in [0.2, 0.25) is 0 Å². The summed E-state index contributed by atoms with van der Waals surface area (Å²) >= 11 is 0. The average Bonchev–Trinajstić information content (AvgIpc) is 3.12. The summed E-state index contributed by atoms with van der Waals surface area (Å²) in [4.78, 5) is 16.9. The van der Waals surface area contributed by atoms with E-state index in [1.807, 2.05) is 6.07 Å². The monoisotopic (exact) mass is 378 g/mol. The molecule has 28 heavy (non-hydrogen) atoms. The smallest absolute Gasteiger partial charge is 0.387 e. The minimum absolute atomic E-state index is 0.00980. The first-order valence-electron chi connectivity index (χ1n) is 8.23. The fourth-order valence-electron chi connectivity index (χ4n) is 2.88. The van der Waals surface area contributed by atoms with E-state index in [1.165, 1.54) is 16.6 Å². The number of benzene rings is 2. The van der Waals surface area contributed by atoms with Gasteiger partial charge in [0.15, 0.2) is 5.65 Å². The van der Waals surface area contributed by atoms with Crippen molar-refractivity contribution in [2.45, 2.75) is 6.61 Å². The van der Waals surface area contributed by atoms with Gasteiger partial charge in [-0.25, -0.2) is 9.50 Å². The number of fused-ring (bicyclic) bond motifs is 1. The van der Waals surface area contributed by atoms with Crippen molar-refractivity contribution >= 4 is 5.65 Å². The van der Waals surface area contributed by atoms with E-state index in [9.17, 15) is 13.6 Å². The zero-order chi connectivity index (χ0) is 19.7. The van der Waals surface area contributed by atoms with Crippen LogP contribution in [0.4, 0.5) is 8.78 Å². The second kappa shape index (κ2) is 6.96. The van der Waals surface area contributed by atoms with Gasteiger partial charge in [0, 0.05) is 23.3 Å². The molecule has 0 fully saturated rings. The van der Waals surface area contributed by atoms with Gasteiger partial charge in [-0.2, -0.15) is 14.0 Å². The van der Waals surface area contributed by atoms with E-state index in [0.717, 1.165) is 0 Å². The summed E-state index contributed by atoms with van der Waals surface area (Å²) in [6.45, 7) is -2.96. The van der Waals surface area contributed by atoms with Crippen molar-refractivity contribution in [2.24, 2.45) is 0 Å². The molecule has 0 spiro atoms. The Balaban J connectivity index is 1.81. The summed E-state index contributed by atoms with van der Waals surface area (Å²) in [6, 6.07) is 17.9. The predicted octanol–water partition coefficient (Wildman–Crippen LogP) is 3.83. The Morgan fingerprint density at radius 2 is 1.86 bits per heavy atom. The standard InChI is InChI=1S/C20H12F2N4O2/c21-20(22)28-17-4-2-1-3-14(17)16-9-18-24-15(10-19(27)26(18)25-16)13-7-5-12(11-23)6-8-13/h1-10,20,25H. The molecule has 0 bridgehead atoms. The van der Waals surface area contributed by atoms with Gasteiger partial charge in [-0.1, -0.05) is 24.3 Å². The number of nitrogens with zero attached hydrogens (tertiary/aromatic N) is 3. The lowest BCUT2D eigenvalue weighted by Crippen LogP contribution is -2.14. The van der Waals surface area contributed by atoms with Crippen molar-refractivity contribution < 1.29 is 13.5 Å². The van der Waals surface area contributed by atoms with Gasteiger partial charge in [0.05, 0.1) is 23.0 Å². The third-order valence-electron chi connectivity index (χ3n) is 4.15. The molecule has 1 N–H and O–H groups in total. The van der Waals surface area contributed by atoms with E-state index >= 15 is 0 Å². The zero-order valence-electron chi connectivity index (χ0n) is 14.3. The molecule has 0 radical (unpaired) electrons. The molecule has 0 aliphatic carbocycles. The number of nitrogens with one attached hydrogen (secondary N) is 1. The van der Waals surface area contributed by atoms with Crippen LogP contribution in [-0.2, 0) is 0 Å². The maximum absolute atomic E-state index is 12.7. The maximum atomic E-state index is 12.7. The first-order chi connectivity index (χ1) is 13.5. The molecule has 4 aromatic rings. The van der Waals surface area contributed by atoms with Crippen molar-refractivity contribution in [3.63, 3.8) is 0 Å². The Bertz CT molecular complexity index is 1250. The van der Waals surface area contributed by atoms with Crippen molar-refractivity contribution in [2.75, 3.05) is 0 Å². The summed E-state index contributed by atoms with van der Waals surface area (Å²) in [7, 11) is 0. The molecule has 0 aliphatic rings. The zero-order valence-corrected chi connectivity index (χ0v) is 14.3. The number of nitriles is 1. The summed E-state index contributed by atoms with van der Waals surface area (Å²) < 4.78 is 31.1.